The Morgan fingerprint density at radius 3 is 2.50 bits per heavy atom. The highest BCUT2D eigenvalue weighted by Crippen LogP contribution is 2.22. The number of anilines is 3. The van der Waals surface area contributed by atoms with E-state index in [1.165, 1.54) is 24.9 Å². The van der Waals surface area contributed by atoms with Crippen LogP contribution in [0.2, 0.25) is 0 Å². The number of amides is 1. The van der Waals surface area contributed by atoms with Crippen LogP contribution in [0.3, 0.4) is 0 Å². The third-order valence-corrected chi connectivity index (χ3v) is 4.77. The molecule has 7 heteroatoms. The van der Waals surface area contributed by atoms with Gasteiger partial charge in [0.2, 0.25) is 0 Å². The van der Waals surface area contributed by atoms with E-state index in [-0.39, 0.29) is 11.6 Å². The molecule has 0 saturated carbocycles. The third kappa shape index (κ3) is 4.49. The van der Waals surface area contributed by atoms with Gasteiger partial charge in [0.15, 0.2) is 5.69 Å². The fraction of sp³-hybridized carbons (Fsp3) is 0.286. The van der Waals surface area contributed by atoms with Crippen molar-refractivity contribution in [1.29, 1.82) is 0 Å². The Morgan fingerprint density at radius 2 is 1.82 bits per heavy atom. The van der Waals surface area contributed by atoms with Crippen LogP contribution in [-0.4, -0.2) is 29.2 Å². The van der Waals surface area contributed by atoms with Gasteiger partial charge in [-0.1, -0.05) is 0 Å². The average Bonchev–Trinajstić information content (AvgIpc) is 3.27. The molecule has 2 aromatic heterocycles. The molecule has 3 aromatic rings. The van der Waals surface area contributed by atoms with Crippen molar-refractivity contribution in [1.82, 2.24) is 10.2 Å². The Balaban J connectivity index is 1.32. The highest BCUT2D eigenvalue weighted by molar-refractivity contribution is 6.02. The molecule has 1 aliphatic heterocycles. The maximum atomic E-state index is 12.4. The maximum Gasteiger partial charge on any atom is 0.276 e. The van der Waals surface area contributed by atoms with Crippen molar-refractivity contribution in [3.63, 3.8) is 0 Å². The van der Waals surface area contributed by atoms with E-state index in [4.69, 9.17) is 4.42 Å². The van der Waals surface area contributed by atoms with Gasteiger partial charge in [0.1, 0.15) is 11.6 Å². The van der Waals surface area contributed by atoms with Crippen LogP contribution >= 0.6 is 0 Å². The van der Waals surface area contributed by atoms with Crippen molar-refractivity contribution in [2.75, 3.05) is 28.6 Å². The van der Waals surface area contributed by atoms with E-state index < -0.39 is 0 Å². The second kappa shape index (κ2) is 8.56. The first kappa shape index (κ1) is 18.0. The predicted molar refractivity (Wildman–Crippen MR) is 109 cm³/mol. The molecule has 1 amide bonds. The lowest BCUT2D eigenvalue weighted by atomic mass is 10.1. The first-order valence-corrected chi connectivity index (χ1v) is 9.54. The zero-order valence-corrected chi connectivity index (χ0v) is 15.6. The molecule has 0 bridgehead atoms. The number of rotatable bonds is 6. The smallest absolute Gasteiger partial charge is 0.276 e. The standard InChI is InChI=1S/C21H23N5O2/c27-21(19-10-11-20(25-24-19)22-15-18-5-4-14-28-18)23-16-6-8-17(9-7-16)26-12-2-1-3-13-26/h4-11,14H,1-3,12-13,15H2,(H,22,25)(H,23,27). The molecule has 1 aliphatic rings. The fourth-order valence-electron chi connectivity index (χ4n) is 3.24. The second-order valence-corrected chi connectivity index (χ2v) is 6.79. The van der Waals surface area contributed by atoms with Crippen molar-refractivity contribution in [2.45, 2.75) is 25.8 Å². The van der Waals surface area contributed by atoms with Crippen molar-refractivity contribution >= 4 is 23.1 Å². The summed E-state index contributed by atoms with van der Waals surface area (Å²) in [6.07, 6.45) is 5.41. The Hall–Kier alpha value is -3.35. The molecule has 0 unspecified atom stereocenters. The molecule has 1 aromatic carbocycles. The Bertz CT molecular complexity index is 886. The van der Waals surface area contributed by atoms with E-state index in [2.05, 4.69) is 25.7 Å². The van der Waals surface area contributed by atoms with Gasteiger partial charge in [0.05, 0.1) is 12.8 Å². The topological polar surface area (TPSA) is 83.3 Å². The number of hydrogen-bond donors (Lipinski definition) is 2. The van der Waals surface area contributed by atoms with E-state index in [9.17, 15) is 4.79 Å². The van der Waals surface area contributed by atoms with Gasteiger partial charge in [-0.25, -0.2) is 0 Å². The summed E-state index contributed by atoms with van der Waals surface area (Å²) in [5.74, 6) is 1.10. The minimum Gasteiger partial charge on any atom is -0.467 e. The molecular weight excluding hydrogens is 354 g/mol. The van der Waals surface area contributed by atoms with Crippen molar-refractivity contribution < 1.29 is 9.21 Å². The van der Waals surface area contributed by atoms with Crippen LogP contribution in [0, 0.1) is 0 Å². The highest BCUT2D eigenvalue weighted by Gasteiger charge is 2.12. The van der Waals surface area contributed by atoms with Gasteiger partial charge in [-0.05, 0) is 67.8 Å². The number of carbonyl (C=O) groups excluding carboxylic acids is 1. The minimum absolute atomic E-state index is 0.267. The number of aromatic nitrogens is 2. The maximum absolute atomic E-state index is 12.4. The van der Waals surface area contributed by atoms with Gasteiger partial charge in [-0.3, -0.25) is 4.79 Å². The quantitative estimate of drug-likeness (QED) is 0.677. The second-order valence-electron chi connectivity index (χ2n) is 6.79. The Morgan fingerprint density at radius 1 is 1.00 bits per heavy atom. The molecule has 1 saturated heterocycles. The summed E-state index contributed by atoms with van der Waals surface area (Å²) in [6.45, 7) is 2.71. The van der Waals surface area contributed by atoms with Crippen LogP contribution in [0.1, 0.15) is 35.5 Å². The molecule has 0 spiro atoms. The lowest BCUT2D eigenvalue weighted by Gasteiger charge is -2.28. The molecular formula is C21H23N5O2. The van der Waals surface area contributed by atoms with E-state index in [0.29, 0.717) is 12.4 Å². The predicted octanol–water partition coefficient (Wildman–Crippen LogP) is 3.92. The number of benzene rings is 1. The van der Waals surface area contributed by atoms with Crippen molar-refractivity contribution in [3.05, 3.63) is 66.2 Å². The van der Waals surface area contributed by atoms with Crippen molar-refractivity contribution in [2.24, 2.45) is 0 Å². The lowest BCUT2D eigenvalue weighted by molar-refractivity contribution is 0.102. The largest absolute Gasteiger partial charge is 0.467 e. The van der Waals surface area contributed by atoms with Crippen LogP contribution in [0.25, 0.3) is 0 Å². The van der Waals surface area contributed by atoms with Gasteiger partial charge in [-0.2, -0.15) is 0 Å². The Kier molecular flexibility index (Phi) is 5.51. The SMILES string of the molecule is O=C(Nc1ccc(N2CCCCC2)cc1)c1ccc(NCc2ccco2)nn1. The van der Waals surface area contributed by atoms with Gasteiger partial charge >= 0.3 is 0 Å². The van der Waals surface area contributed by atoms with Gasteiger partial charge < -0.3 is 20.0 Å². The molecule has 4 rings (SSSR count). The molecule has 0 aliphatic carbocycles. The van der Waals surface area contributed by atoms with E-state index in [1.54, 1.807) is 18.4 Å². The summed E-state index contributed by atoms with van der Waals surface area (Å²) in [7, 11) is 0. The van der Waals surface area contributed by atoms with E-state index in [1.807, 2.05) is 36.4 Å². The molecule has 7 nitrogen and oxygen atoms in total. The first-order valence-electron chi connectivity index (χ1n) is 9.54. The summed E-state index contributed by atoms with van der Waals surface area (Å²) in [5.41, 5.74) is 2.21. The number of piperidine rings is 1. The van der Waals surface area contributed by atoms with Gasteiger partial charge in [0, 0.05) is 24.5 Å². The normalized spacial score (nSPS) is 13.9. The van der Waals surface area contributed by atoms with Crippen LogP contribution in [-0.2, 0) is 6.54 Å². The molecule has 0 atom stereocenters. The molecule has 2 N–H and O–H groups in total. The molecule has 144 valence electrons. The van der Waals surface area contributed by atoms with Crippen LogP contribution < -0.4 is 15.5 Å². The highest BCUT2D eigenvalue weighted by atomic mass is 16.3. The number of furan rings is 1. The summed E-state index contributed by atoms with van der Waals surface area (Å²) in [4.78, 5) is 14.8. The first-order chi connectivity index (χ1) is 13.8. The zero-order valence-electron chi connectivity index (χ0n) is 15.6. The lowest BCUT2D eigenvalue weighted by Crippen LogP contribution is -2.29. The van der Waals surface area contributed by atoms with Crippen LogP contribution in [0.15, 0.2) is 59.2 Å². The molecule has 3 heterocycles. The molecule has 0 radical (unpaired) electrons. The molecule has 1 fully saturated rings. The summed E-state index contributed by atoms with van der Waals surface area (Å²) in [6, 6.07) is 15.0. The fourth-order valence-corrected chi connectivity index (χ4v) is 3.24. The van der Waals surface area contributed by atoms with E-state index in [0.717, 1.165) is 24.5 Å². The number of hydrogen-bond acceptors (Lipinski definition) is 6. The van der Waals surface area contributed by atoms with Crippen LogP contribution in [0.5, 0.6) is 0 Å². The summed E-state index contributed by atoms with van der Waals surface area (Å²) < 4.78 is 5.25. The summed E-state index contributed by atoms with van der Waals surface area (Å²) in [5, 5.41) is 14.0. The van der Waals surface area contributed by atoms with Gasteiger partial charge in [-0.15, -0.1) is 10.2 Å². The van der Waals surface area contributed by atoms with Gasteiger partial charge in [0.25, 0.3) is 5.91 Å². The number of nitrogens with zero attached hydrogens (tertiary/aromatic N) is 3. The Labute approximate surface area is 163 Å². The zero-order chi connectivity index (χ0) is 19.2. The molecule has 28 heavy (non-hydrogen) atoms. The van der Waals surface area contributed by atoms with Crippen molar-refractivity contribution in [3.8, 4) is 0 Å². The number of nitrogens with one attached hydrogen (secondary N) is 2. The summed E-state index contributed by atoms with van der Waals surface area (Å²) >= 11 is 0. The number of carbonyl (C=O) groups is 1. The third-order valence-electron chi connectivity index (χ3n) is 4.77. The van der Waals surface area contributed by atoms with Crippen LogP contribution in [0.4, 0.5) is 17.2 Å². The minimum atomic E-state index is -0.282. The average molecular weight is 377 g/mol. The monoisotopic (exact) mass is 377 g/mol. The van der Waals surface area contributed by atoms with E-state index >= 15 is 0 Å².